The van der Waals surface area contributed by atoms with Crippen LogP contribution in [-0.2, 0) is 22.6 Å². The van der Waals surface area contributed by atoms with Gasteiger partial charge in [0.25, 0.3) is 0 Å². The van der Waals surface area contributed by atoms with Crippen LogP contribution in [-0.4, -0.2) is 60.4 Å². The molecule has 4 rings (SSSR count). The maximum atomic E-state index is 5.90. The van der Waals surface area contributed by atoms with Crippen molar-refractivity contribution in [2.75, 3.05) is 44.4 Å². The first-order valence-corrected chi connectivity index (χ1v) is 9.89. The smallest absolute Gasteiger partial charge is 0.133 e. The Hall–Kier alpha value is -2.02. The van der Waals surface area contributed by atoms with Crippen molar-refractivity contribution in [2.24, 2.45) is 0 Å². The van der Waals surface area contributed by atoms with Gasteiger partial charge in [-0.1, -0.05) is 12.1 Å². The second-order valence-electron chi connectivity index (χ2n) is 7.21. The molecule has 1 atom stereocenters. The van der Waals surface area contributed by atoms with Crippen molar-refractivity contribution in [3.8, 4) is 0 Å². The van der Waals surface area contributed by atoms with E-state index < -0.39 is 0 Å². The third-order valence-electron chi connectivity index (χ3n) is 5.17. The highest BCUT2D eigenvalue weighted by molar-refractivity contribution is 5.47. The lowest BCUT2D eigenvalue weighted by molar-refractivity contribution is 0.0674. The van der Waals surface area contributed by atoms with Gasteiger partial charge in [0.05, 0.1) is 25.0 Å². The van der Waals surface area contributed by atoms with Crippen molar-refractivity contribution in [3.63, 3.8) is 0 Å². The summed E-state index contributed by atoms with van der Waals surface area (Å²) in [6.07, 6.45) is 6.37. The zero-order valence-corrected chi connectivity index (χ0v) is 15.8. The average Bonchev–Trinajstić information content (AvgIpc) is 3.23. The van der Waals surface area contributed by atoms with Gasteiger partial charge < -0.3 is 14.4 Å². The molecule has 144 valence electrons. The lowest BCUT2D eigenvalue weighted by Crippen LogP contribution is -2.38. The number of morpholine rings is 1. The van der Waals surface area contributed by atoms with Crippen LogP contribution in [0.2, 0.25) is 0 Å². The van der Waals surface area contributed by atoms with Crippen LogP contribution in [0.5, 0.6) is 0 Å². The minimum absolute atomic E-state index is 0.317. The number of hydrogen-bond donors (Lipinski definition) is 0. The van der Waals surface area contributed by atoms with Gasteiger partial charge in [0, 0.05) is 57.3 Å². The highest BCUT2D eigenvalue weighted by Crippen LogP contribution is 2.22. The van der Waals surface area contributed by atoms with Gasteiger partial charge in [-0.25, -0.2) is 4.98 Å². The first-order chi connectivity index (χ1) is 13.4. The fourth-order valence-electron chi connectivity index (χ4n) is 3.84. The van der Waals surface area contributed by atoms with Crippen molar-refractivity contribution < 1.29 is 9.47 Å². The molecule has 4 heterocycles. The predicted molar refractivity (Wildman–Crippen MR) is 105 cm³/mol. The fourth-order valence-corrected chi connectivity index (χ4v) is 3.84. The van der Waals surface area contributed by atoms with Crippen LogP contribution in [0.25, 0.3) is 0 Å². The fraction of sp³-hybridized carbons (Fsp3) is 0.524. The number of rotatable bonds is 7. The molecule has 0 bridgehead atoms. The van der Waals surface area contributed by atoms with E-state index in [0.717, 1.165) is 76.9 Å². The summed E-state index contributed by atoms with van der Waals surface area (Å²) in [4.78, 5) is 14.0. The highest BCUT2D eigenvalue weighted by atomic mass is 16.5. The summed E-state index contributed by atoms with van der Waals surface area (Å²) < 4.78 is 11.4. The minimum Gasteiger partial charge on any atom is -0.378 e. The summed E-state index contributed by atoms with van der Waals surface area (Å²) in [6.45, 7) is 6.80. The molecule has 0 saturated carbocycles. The molecule has 2 aromatic heterocycles. The second kappa shape index (κ2) is 9.26. The van der Waals surface area contributed by atoms with Gasteiger partial charge in [-0.3, -0.25) is 9.88 Å². The summed E-state index contributed by atoms with van der Waals surface area (Å²) in [5, 5.41) is 0. The van der Waals surface area contributed by atoms with Crippen LogP contribution in [0, 0.1) is 0 Å². The monoisotopic (exact) mass is 368 g/mol. The Morgan fingerprint density at radius 2 is 1.89 bits per heavy atom. The van der Waals surface area contributed by atoms with Crippen molar-refractivity contribution in [2.45, 2.75) is 32.0 Å². The van der Waals surface area contributed by atoms with Crippen molar-refractivity contribution in [3.05, 3.63) is 54.0 Å². The minimum atomic E-state index is 0.317. The van der Waals surface area contributed by atoms with Crippen LogP contribution in [0.3, 0.4) is 0 Å². The Bertz CT molecular complexity index is 700. The van der Waals surface area contributed by atoms with E-state index in [0.29, 0.717) is 6.10 Å². The largest absolute Gasteiger partial charge is 0.378 e. The Labute approximate surface area is 161 Å². The zero-order chi connectivity index (χ0) is 18.3. The van der Waals surface area contributed by atoms with Crippen LogP contribution in [0.1, 0.15) is 24.1 Å². The maximum absolute atomic E-state index is 5.90. The lowest BCUT2D eigenvalue weighted by Gasteiger charge is -2.31. The van der Waals surface area contributed by atoms with E-state index >= 15 is 0 Å². The number of ether oxygens (including phenoxy) is 2. The molecule has 2 saturated heterocycles. The normalized spacial score (nSPS) is 20.3. The van der Waals surface area contributed by atoms with E-state index in [-0.39, 0.29) is 0 Å². The molecule has 2 fully saturated rings. The van der Waals surface area contributed by atoms with Gasteiger partial charge in [0.1, 0.15) is 5.82 Å². The van der Waals surface area contributed by atoms with Crippen molar-refractivity contribution in [1.29, 1.82) is 0 Å². The van der Waals surface area contributed by atoms with Gasteiger partial charge in [-0.05, 0) is 31.0 Å². The molecule has 6 nitrogen and oxygen atoms in total. The Balaban J connectivity index is 1.51. The zero-order valence-electron chi connectivity index (χ0n) is 15.8. The van der Waals surface area contributed by atoms with E-state index in [1.165, 1.54) is 5.56 Å². The molecule has 2 aliphatic rings. The van der Waals surface area contributed by atoms with Gasteiger partial charge in [0.15, 0.2) is 0 Å². The van der Waals surface area contributed by atoms with Gasteiger partial charge in [-0.15, -0.1) is 0 Å². The number of anilines is 1. The number of hydrogen-bond acceptors (Lipinski definition) is 6. The van der Waals surface area contributed by atoms with Crippen LogP contribution < -0.4 is 4.90 Å². The summed E-state index contributed by atoms with van der Waals surface area (Å²) in [6, 6.07) is 10.3. The molecule has 27 heavy (non-hydrogen) atoms. The first kappa shape index (κ1) is 18.3. The second-order valence-corrected chi connectivity index (χ2v) is 7.21. The van der Waals surface area contributed by atoms with Gasteiger partial charge >= 0.3 is 0 Å². The molecule has 2 aromatic rings. The summed E-state index contributed by atoms with van der Waals surface area (Å²) in [7, 11) is 0. The lowest BCUT2D eigenvalue weighted by atomic mass is 10.1. The summed E-state index contributed by atoms with van der Waals surface area (Å²) in [5.74, 6) is 1.08. The summed E-state index contributed by atoms with van der Waals surface area (Å²) in [5.41, 5.74) is 2.35. The number of nitrogens with zero attached hydrogens (tertiary/aromatic N) is 4. The van der Waals surface area contributed by atoms with E-state index in [1.807, 2.05) is 24.5 Å². The molecule has 0 aliphatic carbocycles. The molecule has 2 aliphatic heterocycles. The molecule has 0 amide bonds. The average molecular weight is 368 g/mol. The van der Waals surface area contributed by atoms with Gasteiger partial charge in [-0.2, -0.15) is 0 Å². The molecular weight excluding hydrogens is 340 g/mol. The van der Waals surface area contributed by atoms with Crippen LogP contribution in [0.15, 0.2) is 42.7 Å². The maximum Gasteiger partial charge on any atom is 0.133 e. The first-order valence-electron chi connectivity index (χ1n) is 9.89. The Morgan fingerprint density at radius 1 is 1.00 bits per heavy atom. The molecule has 0 aromatic carbocycles. The number of aromatic nitrogens is 2. The third-order valence-corrected chi connectivity index (χ3v) is 5.17. The van der Waals surface area contributed by atoms with E-state index in [2.05, 4.69) is 33.0 Å². The van der Waals surface area contributed by atoms with E-state index in [1.54, 1.807) is 0 Å². The molecule has 6 heteroatoms. The highest BCUT2D eigenvalue weighted by Gasteiger charge is 2.22. The molecular formula is C21H28N4O2. The Kier molecular flexibility index (Phi) is 6.29. The molecule has 0 spiro atoms. The summed E-state index contributed by atoms with van der Waals surface area (Å²) >= 11 is 0. The van der Waals surface area contributed by atoms with Crippen LogP contribution >= 0.6 is 0 Å². The SMILES string of the molecule is c1ccc(CN(Cc2cccnc2N2CCOCC2)CC2CCCO2)nc1. The molecule has 1 unspecified atom stereocenters. The standard InChI is InChI=1S/C21H28N4O2/c1-2-8-22-19(6-1)16-24(17-20-7-4-12-27-20)15-18-5-3-9-23-21(18)25-10-13-26-14-11-25/h1-3,5-6,8-9,20H,4,7,10-17H2. The van der Waals surface area contributed by atoms with E-state index in [4.69, 9.17) is 14.5 Å². The predicted octanol–water partition coefficient (Wildman–Crippen LogP) is 2.49. The van der Waals surface area contributed by atoms with E-state index in [9.17, 15) is 0 Å². The quantitative estimate of drug-likeness (QED) is 0.748. The third kappa shape index (κ3) is 5.03. The number of pyridine rings is 2. The Morgan fingerprint density at radius 3 is 2.67 bits per heavy atom. The van der Waals surface area contributed by atoms with Crippen LogP contribution in [0.4, 0.5) is 5.82 Å². The van der Waals surface area contributed by atoms with Gasteiger partial charge in [0.2, 0.25) is 0 Å². The molecule has 0 radical (unpaired) electrons. The molecule has 0 N–H and O–H groups in total. The van der Waals surface area contributed by atoms with Crippen molar-refractivity contribution >= 4 is 5.82 Å². The van der Waals surface area contributed by atoms with Crippen molar-refractivity contribution in [1.82, 2.24) is 14.9 Å². The topological polar surface area (TPSA) is 50.7 Å².